The number of nitrogens with zero attached hydrogens (tertiary/aromatic N) is 1. The van der Waals surface area contributed by atoms with Crippen LogP contribution in [0.3, 0.4) is 0 Å². The van der Waals surface area contributed by atoms with Crippen molar-refractivity contribution in [2.24, 2.45) is 0 Å². The van der Waals surface area contributed by atoms with Crippen LogP contribution in [0.5, 0.6) is 0 Å². The van der Waals surface area contributed by atoms with Crippen molar-refractivity contribution in [1.82, 2.24) is 4.98 Å². The highest BCUT2D eigenvalue weighted by Gasteiger charge is 2.31. The molecule has 2 heterocycles. The number of pyridine rings is 1. The first-order valence-corrected chi connectivity index (χ1v) is 8.75. The van der Waals surface area contributed by atoms with Gasteiger partial charge in [-0.1, -0.05) is 0 Å². The summed E-state index contributed by atoms with van der Waals surface area (Å²) in [7, 11) is -3.58. The largest absolute Gasteiger partial charge is 0.459 e. The van der Waals surface area contributed by atoms with Crippen LogP contribution in [0.15, 0.2) is 35.1 Å². The Balaban J connectivity index is 2.40. The second kappa shape index (κ2) is 7.55. The Morgan fingerprint density at radius 3 is 2.61 bits per heavy atom. The first-order chi connectivity index (χ1) is 11.0. The molecule has 0 aliphatic rings. The molecule has 0 fully saturated rings. The number of anilines is 1. The molecule has 0 spiro atoms. The number of amides is 1. The molecule has 0 atom stereocenters. The van der Waals surface area contributed by atoms with Crippen LogP contribution in [0.2, 0.25) is 0 Å². The van der Waals surface area contributed by atoms with E-state index < -0.39 is 13.5 Å². The van der Waals surface area contributed by atoms with Gasteiger partial charge in [-0.05, 0) is 44.5 Å². The van der Waals surface area contributed by atoms with Gasteiger partial charge >= 0.3 is 7.60 Å². The van der Waals surface area contributed by atoms with E-state index in [0.717, 1.165) is 5.56 Å². The lowest BCUT2D eigenvalue weighted by Crippen LogP contribution is -2.22. The van der Waals surface area contributed by atoms with E-state index in [2.05, 4.69) is 10.3 Å². The van der Waals surface area contributed by atoms with Gasteiger partial charge < -0.3 is 18.8 Å². The first-order valence-electron chi connectivity index (χ1n) is 7.21. The number of nitrogens with one attached hydrogen (secondary N) is 1. The molecule has 8 heteroatoms. The summed E-state index contributed by atoms with van der Waals surface area (Å²) < 4.78 is 28.7. The minimum absolute atomic E-state index is 0.126. The zero-order valence-corrected chi connectivity index (χ0v) is 14.1. The number of rotatable bonds is 7. The van der Waals surface area contributed by atoms with Gasteiger partial charge in [0.1, 0.15) is 11.1 Å². The van der Waals surface area contributed by atoms with Crippen LogP contribution in [-0.2, 0) is 13.6 Å². The predicted molar refractivity (Wildman–Crippen MR) is 86.1 cm³/mol. The number of furan rings is 1. The maximum Gasteiger partial charge on any atom is 0.365 e. The van der Waals surface area contributed by atoms with E-state index in [1.54, 1.807) is 39.1 Å². The SMILES string of the molecule is CCOP(=O)(OCC)c1cc(C)cnc1NC(=O)c1ccco1. The lowest BCUT2D eigenvalue weighted by atomic mass is 10.3. The van der Waals surface area contributed by atoms with Gasteiger partial charge in [0.2, 0.25) is 0 Å². The van der Waals surface area contributed by atoms with E-state index in [4.69, 9.17) is 13.5 Å². The molecule has 0 unspecified atom stereocenters. The third kappa shape index (κ3) is 4.07. The second-order valence-corrected chi connectivity index (χ2v) is 6.64. The monoisotopic (exact) mass is 338 g/mol. The molecule has 7 nitrogen and oxygen atoms in total. The van der Waals surface area contributed by atoms with Crippen LogP contribution in [0, 0.1) is 6.92 Å². The zero-order chi connectivity index (χ0) is 16.9. The Hall–Kier alpha value is -1.95. The summed E-state index contributed by atoms with van der Waals surface area (Å²) in [5.41, 5.74) is 0.774. The van der Waals surface area contributed by atoms with Gasteiger partial charge in [-0.25, -0.2) is 4.98 Å². The van der Waals surface area contributed by atoms with E-state index in [0.29, 0.717) is 0 Å². The van der Waals surface area contributed by atoms with E-state index in [-0.39, 0.29) is 30.1 Å². The summed E-state index contributed by atoms with van der Waals surface area (Å²) in [4.78, 5) is 16.3. The van der Waals surface area contributed by atoms with E-state index in [9.17, 15) is 9.36 Å². The van der Waals surface area contributed by atoms with Gasteiger partial charge in [-0.3, -0.25) is 9.36 Å². The van der Waals surface area contributed by atoms with Crippen LogP contribution >= 0.6 is 7.60 Å². The molecular weight excluding hydrogens is 319 g/mol. The van der Waals surface area contributed by atoms with Crippen LogP contribution < -0.4 is 10.6 Å². The minimum atomic E-state index is -3.58. The minimum Gasteiger partial charge on any atom is -0.459 e. The molecule has 124 valence electrons. The molecule has 2 rings (SSSR count). The zero-order valence-electron chi connectivity index (χ0n) is 13.2. The Morgan fingerprint density at radius 1 is 1.35 bits per heavy atom. The van der Waals surface area contributed by atoms with Crippen molar-refractivity contribution >= 4 is 24.6 Å². The van der Waals surface area contributed by atoms with E-state index >= 15 is 0 Å². The molecule has 0 aliphatic heterocycles. The Bertz CT molecular complexity index is 705. The number of hydrogen-bond donors (Lipinski definition) is 1. The highest BCUT2D eigenvalue weighted by Crippen LogP contribution is 2.48. The van der Waals surface area contributed by atoms with Gasteiger partial charge in [0, 0.05) is 6.20 Å². The molecule has 0 aromatic carbocycles. The number of carbonyl (C=O) groups is 1. The topological polar surface area (TPSA) is 90.7 Å². The molecule has 2 aromatic heterocycles. The highest BCUT2D eigenvalue weighted by atomic mass is 31.2. The molecule has 0 saturated heterocycles. The quantitative estimate of drug-likeness (QED) is 0.780. The van der Waals surface area contributed by atoms with Crippen molar-refractivity contribution in [3.63, 3.8) is 0 Å². The van der Waals surface area contributed by atoms with Crippen molar-refractivity contribution in [2.75, 3.05) is 18.5 Å². The first kappa shape index (κ1) is 17.4. The van der Waals surface area contributed by atoms with Gasteiger partial charge in [-0.2, -0.15) is 0 Å². The molecule has 0 bridgehead atoms. The molecule has 0 saturated carbocycles. The third-order valence-electron chi connectivity index (χ3n) is 2.87. The number of carbonyl (C=O) groups excluding carboxylic acids is 1. The van der Waals surface area contributed by atoms with Gasteiger partial charge in [0.15, 0.2) is 5.76 Å². The summed E-state index contributed by atoms with van der Waals surface area (Å²) in [5, 5.41) is 2.81. The van der Waals surface area contributed by atoms with E-state index in [1.807, 2.05) is 0 Å². The Morgan fingerprint density at radius 2 is 2.04 bits per heavy atom. The fourth-order valence-electron chi connectivity index (χ4n) is 1.95. The van der Waals surface area contributed by atoms with Gasteiger partial charge in [-0.15, -0.1) is 0 Å². The summed E-state index contributed by atoms with van der Waals surface area (Å²) in [6, 6.07) is 4.76. The average molecular weight is 338 g/mol. The molecule has 23 heavy (non-hydrogen) atoms. The lowest BCUT2D eigenvalue weighted by molar-refractivity contribution is 0.0996. The van der Waals surface area contributed by atoms with Crippen LogP contribution in [0.1, 0.15) is 30.0 Å². The summed E-state index contributed by atoms with van der Waals surface area (Å²) >= 11 is 0. The fraction of sp³-hybridized carbons (Fsp3) is 0.333. The fourth-order valence-corrected chi connectivity index (χ4v) is 3.72. The molecule has 1 amide bonds. The maximum absolute atomic E-state index is 13.0. The van der Waals surface area contributed by atoms with Crippen LogP contribution in [-0.4, -0.2) is 24.1 Å². The normalized spacial score (nSPS) is 11.4. The van der Waals surface area contributed by atoms with Gasteiger partial charge in [0.05, 0.1) is 19.5 Å². The number of aromatic nitrogens is 1. The molecule has 2 aromatic rings. The van der Waals surface area contributed by atoms with Gasteiger partial charge in [0.25, 0.3) is 5.91 Å². The Labute approximate surface area is 134 Å². The number of hydrogen-bond acceptors (Lipinski definition) is 6. The standard InChI is InChI=1S/C15H19N2O5P/c1-4-21-23(19,22-5-2)13-9-11(3)10-16-14(13)17-15(18)12-7-6-8-20-12/h6-10H,4-5H2,1-3H3,(H,16,17,18). The summed E-state index contributed by atoms with van der Waals surface area (Å²) in [6.07, 6.45) is 2.95. The van der Waals surface area contributed by atoms with Crippen molar-refractivity contribution in [3.05, 3.63) is 42.0 Å². The Kier molecular flexibility index (Phi) is 5.71. The summed E-state index contributed by atoms with van der Waals surface area (Å²) in [5.74, 6) is -0.240. The smallest absolute Gasteiger partial charge is 0.365 e. The predicted octanol–water partition coefficient (Wildman–Crippen LogP) is 3.13. The van der Waals surface area contributed by atoms with Crippen LogP contribution in [0.25, 0.3) is 0 Å². The summed E-state index contributed by atoms with van der Waals surface area (Å²) in [6.45, 7) is 5.65. The molecule has 1 N–H and O–H groups in total. The molecule has 0 aliphatic carbocycles. The molecule has 0 radical (unpaired) electrons. The van der Waals surface area contributed by atoms with Crippen molar-refractivity contribution < 1.29 is 22.8 Å². The second-order valence-electron chi connectivity index (χ2n) is 4.64. The van der Waals surface area contributed by atoms with Crippen molar-refractivity contribution in [2.45, 2.75) is 20.8 Å². The molecular formula is C15H19N2O5P. The highest BCUT2D eigenvalue weighted by molar-refractivity contribution is 7.62. The lowest BCUT2D eigenvalue weighted by Gasteiger charge is -2.19. The van der Waals surface area contributed by atoms with Crippen LogP contribution in [0.4, 0.5) is 5.82 Å². The number of aryl methyl sites for hydroxylation is 1. The van der Waals surface area contributed by atoms with E-state index in [1.165, 1.54) is 12.3 Å². The van der Waals surface area contributed by atoms with Crippen molar-refractivity contribution in [3.8, 4) is 0 Å². The third-order valence-corrected chi connectivity index (χ3v) is 5.00. The van der Waals surface area contributed by atoms with Crippen molar-refractivity contribution in [1.29, 1.82) is 0 Å². The maximum atomic E-state index is 13.0. The average Bonchev–Trinajstić information content (AvgIpc) is 3.04.